The molecule has 1 unspecified atom stereocenters. The topological polar surface area (TPSA) is 133 Å². The van der Waals surface area contributed by atoms with E-state index in [1.165, 1.54) is 12.1 Å². The van der Waals surface area contributed by atoms with Crippen molar-refractivity contribution in [2.24, 2.45) is 0 Å². The zero-order valence-electron chi connectivity index (χ0n) is 22.5. The van der Waals surface area contributed by atoms with Gasteiger partial charge in [-0.05, 0) is 37.2 Å². The van der Waals surface area contributed by atoms with E-state index in [0.717, 1.165) is 15.4 Å². The first-order chi connectivity index (χ1) is 19.2. The lowest BCUT2D eigenvalue weighted by molar-refractivity contribution is -0.165. The zero-order chi connectivity index (χ0) is 28.8. The average Bonchev–Trinajstić information content (AvgIpc) is 3.21. The van der Waals surface area contributed by atoms with Crippen LogP contribution in [0, 0.1) is 0 Å². The number of nitrogens with zero attached hydrogens (tertiary/aromatic N) is 3. The van der Waals surface area contributed by atoms with Gasteiger partial charge in [-0.25, -0.2) is 9.69 Å². The van der Waals surface area contributed by atoms with Crippen LogP contribution in [0.4, 0.5) is 0 Å². The van der Waals surface area contributed by atoms with Crippen LogP contribution in [-0.4, -0.2) is 88.7 Å². The molecule has 2 atom stereocenters. The Bertz CT molecular complexity index is 1270. The van der Waals surface area contributed by atoms with E-state index < -0.39 is 48.4 Å². The van der Waals surface area contributed by atoms with Crippen molar-refractivity contribution >= 4 is 35.5 Å². The second-order valence-electron chi connectivity index (χ2n) is 9.60. The second kappa shape index (κ2) is 12.6. The summed E-state index contributed by atoms with van der Waals surface area (Å²) in [7, 11) is 0. The summed E-state index contributed by atoms with van der Waals surface area (Å²) in [6.45, 7) is 4.56. The van der Waals surface area contributed by atoms with Crippen molar-refractivity contribution in [3.63, 3.8) is 0 Å². The van der Waals surface area contributed by atoms with Crippen molar-refractivity contribution in [1.29, 1.82) is 0 Å². The Hall–Kier alpha value is -4.38. The van der Waals surface area contributed by atoms with Crippen molar-refractivity contribution in [3.05, 3.63) is 71.3 Å². The van der Waals surface area contributed by atoms with Gasteiger partial charge in [0.2, 0.25) is 11.8 Å². The fraction of sp³-hybridized carbons (Fsp3) is 0.379. The van der Waals surface area contributed by atoms with Gasteiger partial charge in [-0.3, -0.25) is 33.8 Å². The molecule has 11 nitrogen and oxygen atoms in total. The molecule has 1 fully saturated rings. The number of likely N-dealkylation sites (N-methyl/N-ethyl adjacent to an activating group) is 1. The average molecular weight is 549 g/mol. The maximum absolute atomic E-state index is 13.3. The van der Waals surface area contributed by atoms with Gasteiger partial charge in [-0.1, -0.05) is 56.3 Å². The molecule has 4 rings (SSSR count). The third-order valence-electron chi connectivity index (χ3n) is 7.12. The van der Waals surface area contributed by atoms with Gasteiger partial charge >= 0.3 is 5.97 Å². The van der Waals surface area contributed by atoms with Gasteiger partial charge in [0.15, 0.2) is 6.73 Å². The molecular weight excluding hydrogens is 516 g/mol. The summed E-state index contributed by atoms with van der Waals surface area (Å²) >= 11 is 0. The lowest BCUT2D eigenvalue weighted by Crippen LogP contribution is -2.57. The summed E-state index contributed by atoms with van der Waals surface area (Å²) in [5, 5.41) is 2.71. The molecule has 0 aromatic heterocycles. The van der Waals surface area contributed by atoms with Crippen molar-refractivity contribution < 1.29 is 33.5 Å². The predicted molar refractivity (Wildman–Crippen MR) is 143 cm³/mol. The Kier molecular flexibility index (Phi) is 9.05. The SMILES string of the molecule is CCN(CC)CC(=O)N[C@@H](Cc1ccccc1)C(=O)OCN1C(=O)CCC(N2C(=O)c3ccccc3C2=O)C1=O. The molecule has 0 spiro atoms. The van der Waals surface area contributed by atoms with E-state index in [1.54, 1.807) is 36.4 Å². The van der Waals surface area contributed by atoms with Crippen molar-refractivity contribution in [2.45, 2.75) is 45.2 Å². The molecule has 1 N–H and O–H groups in total. The van der Waals surface area contributed by atoms with Crippen LogP contribution in [0.1, 0.15) is 53.0 Å². The molecule has 11 heteroatoms. The number of nitrogens with one attached hydrogen (secondary N) is 1. The highest BCUT2D eigenvalue weighted by atomic mass is 16.5. The first-order valence-electron chi connectivity index (χ1n) is 13.3. The van der Waals surface area contributed by atoms with E-state index in [9.17, 15) is 28.8 Å². The van der Waals surface area contributed by atoms with Gasteiger partial charge in [0, 0.05) is 12.8 Å². The van der Waals surface area contributed by atoms with Crippen LogP contribution < -0.4 is 5.32 Å². The molecule has 5 amide bonds. The van der Waals surface area contributed by atoms with Crippen LogP contribution in [-0.2, 0) is 30.3 Å². The standard InChI is InChI=1S/C29H32N4O7/c1-3-31(4-2)17-24(34)30-22(16-19-10-6-5-7-11-19)29(39)40-18-32-25(35)15-14-23(28(32)38)33-26(36)20-12-8-9-13-21(20)27(33)37/h5-13,22-23H,3-4,14-18H2,1-2H3,(H,30,34)/t22-,23?/m0/s1. The molecule has 2 aliphatic heterocycles. The van der Waals surface area contributed by atoms with E-state index in [0.29, 0.717) is 13.1 Å². The lowest BCUT2D eigenvalue weighted by Gasteiger charge is -2.34. The molecule has 2 aromatic carbocycles. The summed E-state index contributed by atoms with van der Waals surface area (Å²) in [6.07, 6.45) is 0.00423. The van der Waals surface area contributed by atoms with Gasteiger partial charge in [0.05, 0.1) is 17.7 Å². The number of imide groups is 2. The van der Waals surface area contributed by atoms with E-state index in [2.05, 4.69) is 5.32 Å². The Morgan fingerprint density at radius 1 is 0.950 bits per heavy atom. The minimum absolute atomic E-state index is 0.0222. The van der Waals surface area contributed by atoms with E-state index in [1.807, 2.05) is 24.8 Å². The number of esters is 1. The third-order valence-corrected chi connectivity index (χ3v) is 7.12. The Labute approximate surface area is 232 Å². The highest BCUT2D eigenvalue weighted by molar-refractivity contribution is 6.23. The summed E-state index contributed by atoms with van der Waals surface area (Å²) < 4.78 is 5.37. The van der Waals surface area contributed by atoms with Gasteiger partial charge in [-0.15, -0.1) is 0 Å². The molecule has 0 radical (unpaired) electrons. The van der Waals surface area contributed by atoms with E-state index in [4.69, 9.17) is 4.74 Å². The predicted octanol–water partition coefficient (Wildman–Crippen LogP) is 1.37. The molecule has 1 saturated heterocycles. The number of likely N-dealkylation sites (tertiary alicyclic amines) is 1. The van der Waals surface area contributed by atoms with E-state index in [-0.39, 0.29) is 42.8 Å². The molecule has 0 saturated carbocycles. The first-order valence-corrected chi connectivity index (χ1v) is 13.3. The molecular formula is C29H32N4O7. The Balaban J connectivity index is 1.45. The quantitative estimate of drug-likeness (QED) is 0.329. The summed E-state index contributed by atoms with van der Waals surface area (Å²) in [6, 6.07) is 13.1. The van der Waals surface area contributed by atoms with Crippen LogP contribution in [0.5, 0.6) is 0 Å². The second-order valence-corrected chi connectivity index (χ2v) is 9.60. The number of piperidine rings is 1. The highest BCUT2D eigenvalue weighted by Crippen LogP contribution is 2.29. The minimum atomic E-state index is -1.20. The van der Waals surface area contributed by atoms with E-state index >= 15 is 0 Å². The largest absolute Gasteiger partial charge is 0.442 e. The number of benzene rings is 2. The molecule has 210 valence electrons. The number of hydrogen-bond donors (Lipinski definition) is 1. The lowest BCUT2D eigenvalue weighted by atomic mass is 10.0. The fourth-order valence-corrected chi connectivity index (χ4v) is 4.85. The first kappa shape index (κ1) is 28.6. The van der Waals surface area contributed by atoms with Crippen LogP contribution in [0.15, 0.2) is 54.6 Å². The number of rotatable bonds is 11. The molecule has 2 heterocycles. The Morgan fingerprint density at radius 2 is 1.55 bits per heavy atom. The molecule has 0 bridgehead atoms. The molecule has 2 aliphatic rings. The molecule has 40 heavy (non-hydrogen) atoms. The zero-order valence-corrected chi connectivity index (χ0v) is 22.5. The summed E-state index contributed by atoms with van der Waals surface area (Å²) in [5.74, 6) is -3.79. The van der Waals surface area contributed by atoms with Crippen molar-refractivity contribution in [3.8, 4) is 0 Å². The monoisotopic (exact) mass is 548 g/mol. The van der Waals surface area contributed by atoms with Crippen molar-refractivity contribution in [2.75, 3.05) is 26.4 Å². The number of fused-ring (bicyclic) bond motifs is 1. The number of carbonyl (C=O) groups is 6. The Morgan fingerprint density at radius 3 is 2.15 bits per heavy atom. The number of ether oxygens (including phenoxy) is 1. The van der Waals surface area contributed by atoms with Gasteiger partial charge in [0.1, 0.15) is 12.1 Å². The summed E-state index contributed by atoms with van der Waals surface area (Å²) in [5.41, 5.74) is 1.17. The third kappa shape index (κ3) is 6.09. The number of hydrogen-bond acceptors (Lipinski definition) is 8. The van der Waals surface area contributed by atoms with Gasteiger partial charge in [0.25, 0.3) is 17.7 Å². The maximum atomic E-state index is 13.3. The van der Waals surface area contributed by atoms with Gasteiger partial charge < -0.3 is 10.1 Å². The molecule has 2 aromatic rings. The number of carbonyl (C=O) groups excluding carboxylic acids is 6. The summed E-state index contributed by atoms with van der Waals surface area (Å²) in [4.78, 5) is 81.1. The van der Waals surface area contributed by atoms with Crippen LogP contribution in [0.3, 0.4) is 0 Å². The van der Waals surface area contributed by atoms with Crippen molar-refractivity contribution in [1.82, 2.24) is 20.0 Å². The van der Waals surface area contributed by atoms with Gasteiger partial charge in [-0.2, -0.15) is 0 Å². The normalized spacial score (nSPS) is 17.7. The minimum Gasteiger partial charge on any atom is -0.442 e. The van der Waals surface area contributed by atoms with Crippen LogP contribution in [0.25, 0.3) is 0 Å². The maximum Gasteiger partial charge on any atom is 0.330 e. The number of amides is 5. The van der Waals surface area contributed by atoms with Crippen LogP contribution in [0.2, 0.25) is 0 Å². The highest BCUT2D eigenvalue weighted by Gasteiger charge is 2.47. The smallest absolute Gasteiger partial charge is 0.330 e. The molecule has 0 aliphatic carbocycles. The fourth-order valence-electron chi connectivity index (χ4n) is 4.85. The van der Waals surface area contributed by atoms with Crippen LogP contribution >= 0.6 is 0 Å².